The zero-order chi connectivity index (χ0) is 15.7. The average Bonchev–Trinajstić information content (AvgIpc) is 2.53. The van der Waals surface area contributed by atoms with Crippen molar-refractivity contribution in [2.45, 2.75) is 42.6 Å². The summed E-state index contributed by atoms with van der Waals surface area (Å²) in [6.07, 6.45) is 4.51. The van der Waals surface area contributed by atoms with Crippen LogP contribution in [0.25, 0.3) is 0 Å². The molecule has 2 bridgehead atoms. The van der Waals surface area contributed by atoms with Crippen LogP contribution >= 0.6 is 0 Å². The molecule has 2 aliphatic rings. The van der Waals surface area contributed by atoms with Crippen LogP contribution in [0.4, 0.5) is 0 Å². The predicted molar refractivity (Wildman–Crippen MR) is 84.3 cm³/mol. The molecule has 0 N–H and O–H groups in total. The molecule has 22 heavy (non-hydrogen) atoms. The van der Waals surface area contributed by atoms with Crippen molar-refractivity contribution in [2.75, 3.05) is 7.11 Å². The van der Waals surface area contributed by atoms with Gasteiger partial charge in [-0.3, -0.25) is 9.00 Å². The van der Waals surface area contributed by atoms with Gasteiger partial charge in [0, 0.05) is 32.8 Å². The van der Waals surface area contributed by atoms with Crippen LogP contribution in [0.2, 0.25) is 0 Å². The lowest BCUT2D eigenvalue weighted by atomic mass is 9.84. The number of methoxy groups -OCH3 is 1. The van der Waals surface area contributed by atoms with Crippen LogP contribution in [0.1, 0.15) is 48.0 Å². The number of ketones is 1. The van der Waals surface area contributed by atoms with Gasteiger partial charge in [-0.25, -0.2) is 0 Å². The molecule has 2 atom stereocenters. The van der Waals surface area contributed by atoms with Crippen molar-refractivity contribution in [1.29, 1.82) is 5.26 Å². The number of carbonyl (C=O) groups excluding carboxylic acids is 1. The molecule has 116 valence electrons. The number of benzene rings is 1. The van der Waals surface area contributed by atoms with E-state index in [0.29, 0.717) is 16.9 Å². The zero-order valence-corrected chi connectivity index (χ0v) is 13.4. The Morgan fingerprint density at radius 2 is 2.00 bits per heavy atom. The summed E-state index contributed by atoms with van der Waals surface area (Å²) in [6, 6.07) is 7.08. The van der Waals surface area contributed by atoms with Crippen LogP contribution in [-0.2, 0) is 10.8 Å². The molecular formula is C17H19NO3S. The van der Waals surface area contributed by atoms with E-state index in [1.54, 1.807) is 18.2 Å². The quantitative estimate of drug-likeness (QED) is 0.804. The molecule has 3 rings (SSSR count). The molecule has 2 aliphatic heterocycles. The fraction of sp³-hybridized carbons (Fsp3) is 0.529. The first kappa shape index (κ1) is 15.2. The number of nitrogens with zero attached hydrogens (tertiary/aromatic N) is 1. The number of carbonyl (C=O) groups is 1. The van der Waals surface area contributed by atoms with E-state index in [9.17, 15) is 9.00 Å². The highest BCUT2D eigenvalue weighted by molar-refractivity contribution is 7.86. The van der Waals surface area contributed by atoms with Gasteiger partial charge in [-0.15, -0.1) is 0 Å². The monoisotopic (exact) mass is 317 g/mol. The van der Waals surface area contributed by atoms with Gasteiger partial charge in [0.15, 0.2) is 5.78 Å². The van der Waals surface area contributed by atoms with Gasteiger partial charge in [-0.1, -0.05) is 6.42 Å². The minimum Gasteiger partial charge on any atom is -0.495 e. The normalized spacial score (nSPS) is 30.4. The van der Waals surface area contributed by atoms with Gasteiger partial charge in [0.1, 0.15) is 11.8 Å². The van der Waals surface area contributed by atoms with E-state index in [0.717, 1.165) is 32.1 Å². The van der Waals surface area contributed by atoms with E-state index in [-0.39, 0.29) is 22.2 Å². The average molecular weight is 317 g/mol. The first-order valence-corrected chi connectivity index (χ1v) is 8.93. The van der Waals surface area contributed by atoms with Crippen molar-refractivity contribution in [2.24, 2.45) is 5.92 Å². The highest BCUT2D eigenvalue weighted by Crippen LogP contribution is 2.38. The summed E-state index contributed by atoms with van der Waals surface area (Å²) >= 11 is 0. The van der Waals surface area contributed by atoms with Gasteiger partial charge in [-0.2, -0.15) is 5.26 Å². The first-order chi connectivity index (χ1) is 10.6. The van der Waals surface area contributed by atoms with Gasteiger partial charge in [0.25, 0.3) is 0 Å². The smallest absolute Gasteiger partial charge is 0.166 e. The van der Waals surface area contributed by atoms with Crippen molar-refractivity contribution in [3.05, 3.63) is 29.3 Å². The topological polar surface area (TPSA) is 67.2 Å². The number of Topliss-reactive ketones (excluding diaryl/α,β-unsaturated/α-hetero) is 1. The largest absolute Gasteiger partial charge is 0.495 e. The molecule has 0 aromatic heterocycles. The summed E-state index contributed by atoms with van der Waals surface area (Å²) in [4.78, 5) is 12.8. The molecule has 2 fully saturated rings. The van der Waals surface area contributed by atoms with Crippen LogP contribution in [0.15, 0.2) is 18.2 Å². The van der Waals surface area contributed by atoms with Crippen molar-refractivity contribution in [3.8, 4) is 11.8 Å². The second kappa shape index (κ2) is 6.21. The molecule has 2 unspecified atom stereocenters. The van der Waals surface area contributed by atoms with Crippen molar-refractivity contribution in [1.82, 2.24) is 0 Å². The van der Waals surface area contributed by atoms with Gasteiger partial charge < -0.3 is 4.74 Å². The summed E-state index contributed by atoms with van der Waals surface area (Å²) < 4.78 is 17.4. The number of rotatable bonds is 3. The molecule has 0 saturated carbocycles. The first-order valence-electron chi connectivity index (χ1n) is 7.65. The van der Waals surface area contributed by atoms with E-state index >= 15 is 0 Å². The van der Waals surface area contributed by atoms with Gasteiger partial charge in [0.2, 0.25) is 0 Å². The van der Waals surface area contributed by atoms with Gasteiger partial charge >= 0.3 is 0 Å². The minimum atomic E-state index is -0.765. The SMILES string of the molecule is COc1ccc(C(=O)C2CC3CCCC(C2)S3=O)cc1C#N. The standard InChI is InChI=1S/C17H19NO3S/c1-21-16-6-5-11(7-13(16)10-18)17(19)12-8-14-3-2-4-15(9-12)22(14)20/h5-7,12,14-15H,2-4,8-9H2,1H3. The van der Waals surface area contributed by atoms with Crippen LogP contribution in [0.5, 0.6) is 5.75 Å². The van der Waals surface area contributed by atoms with Crippen molar-refractivity contribution < 1.29 is 13.7 Å². The van der Waals surface area contributed by atoms with Gasteiger partial charge in [-0.05, 0) is 43.9 Å². The Kier molecular flexibility index (Phi) is 4.30. The molecule has 0 spiro atoms. The summed E-state index contributed by atoms with van der Waals surface area (Å²) in [6.45, 7) is 0. The lowest BCUT2D eigenvalue weighted by Gasteiger charge is -2.37. The van der Waals surface area contributed by atoms with Gasteiger partial charge in [0.05, 0.1) is 12.7 Å². The molecule has 0 amide bonds. The highest BCUT2D eigenvalue weighted by Gasteiger charge is 2.40. The Morgan fingerprint density at radius 1 is 1.32 bits per heavy atom. The second-order valence-corrected chi connectivity index (χ2v) is 8.05. The molecule has 2 saturated heterocycles. The fourth-order valence-electron chi connectivity index (χ4n) is 3.63. The third-order valence-corrected chi connectivity index (χ3v) is 6.95. The Balaban J connectivity index is 1.83. The summed E-state index contributed by atoms with van der Waals surface area (Å²) in [5, 5.41) is 9.50. The van der Waals surface area contributed by atoms with Crippen LogP contribution in [-0.4, -0.2) is 27.6 Å². The molecule has 4 nitrogen and oxygen atoms in total. The highest BCUT2D eigenvalue weighted by atomic mass is 32.2. The molecular weight excluding hydrogens is 298 g/mol. The van der Waals surface area contributed by atoms with Crippen molar-refractivity contribution in [3.63, 3.8) is 0 Å². The second-order valence-electron chi connectivity index (χ2n) is 6.06. The number of fused-ring (bicyclic) bond motifs is 2. The maximum Gasteiger partial charge on any atom is 0.166 e. The minimum absolute atomic E-state index is 0.0621. The molecule has 1 aromatic rings. The lowest BCUT2D eigenvalue weighted by Crippen LogP contribution is -2.41. The van der Waals surface area contributed by atoms with Crippen molar-refractivity contribution >= 4 is 16.6 Å². The Bertz CT molecular complexity index is 648. The van der Waals surface area contributed by atoms with E-state index < -0.39 is 10.8 Å². The lowest BCUT2D eigenvalue weighted by molar-refractivity contribution is 0.0895. The van der Waals surface area contributed by atoms with E-state index in [1.807, 2.05) is 0 Å². The maximum absolute atomic E-state index is 12.8. The molecule has 0 aliphatic carbocycles. The Morgan fingerprint density at radius 3 is 2.59 bits per heavy atom. The zero-order valence-electron chi connectivity index (χ0n) is 12.6. The summed E-state index contributed by atoms with van der Waals surface area (Å²) in [7, 11) is 0.744. The predicted octanol–water partition coefficient (Wildman–Crippen LogP) is 2.83. The third kappa shape index (κ3) is 2.68. The summed E-state index contributed by atoms with van der Waals surface area (Å²) in [5.41, 5.74) is 0.945. The fourth-order valence-corrected chi connectivity index (χ4v) is 5.82. The maximum atomic E-state index is 12.8. The third-order valence-electron chi connectivity index (χ3n) is 4.78. The molecule has 1 aromatic carbocycles. The molecule has 5 heteroatoms. The number of nitriles is 1. The van der Waals surface area contributed by atoms with Crippen LogP contribution < -0.4 is 4.74 Å². The van der Waals surface area contributed by atoms with E-state index in [4.69, 9.17) is 10.00 Å². The number of hydrogen-bond acceptors (Lipinski definition) is 4. The van der Waals surface area contributed by atoms with Crippen LogP contribution in [0.3, 0.4) is 0 Å². The molecule has 0 radical (unpaired) electrons. The van der Waals surface area contributed by atoms with Crippen LogP contribution in [0, 0.1) is 17.2 Å². The Hall–Kier alpha value is -1.67. The number of hydrogen-bond donors (Lipinski definition) is 0. The Labute approximate surface area is 132 Å². The number of ether oxygens (including phenoxy) is 1. The summed E-state index contributed by atoms with van der Waals surface area (Å²) in [5.74, 6) is 0.501. The van der Waals surface area contributed by atoms with E-state index in [2.05, 4.69) is 6.07 Å². The molecule has 2 heterocycles. The van der Waals surface area contributed by atoms with E-state index in [1.165, 1.54) is 7.11 Å².